The van der Waals surface area contributed by atoms with Crippen LogP contribution in [0.1, 0.15) is 45.4 Å². The smallest absolute Gasteiger partial charge is 0.213 e. The fraction of sp³-hybridized carbons (Fsp3) is 1.00. The molecule has 0 saturated carbocycles. The summed E-state index contributed by atoms with van der Waals surface area (Å²) in [7, 11) is -3.23. The van der Waals surface area contributed by atoms with Crippen LogP contribution in [0.5, 0.6) is 0 Å². The van der Waals surface area contributed by atoms with Gasteiger partial charge in [0.05, 0.1) is 12.4 Å². The third-order valence-corrected chi connectivity index (χ3v) is 3.58. The first-order valence-corrected chi connectivity index (χ1v) is 7.36. The third-order valence-electron chi connectivity index (χ3n) is 2.21. The largest absolute Gasteiger partial charge is 0.395 e. The Labute approximate surface area is 93.1 Å². The molecule has 0 aliphatic carbocycles. The van der Waals surface area contributed by atoms with Gasteiger partial charge in [-0.2, -0.15) is 0 Å². The van der Waals surface area contributed by atoms with Gasteiger partial charge in [0.2, 0.25) is 10.0 Å². The Morgan fingerprint density at radius 2 is 1.67 bits per heavy atom. The van der Waals surface area contributed by atoms with Crippen LogP contribution in [0.25, 0.3) is 0 Å². The van der Waals surface area contributed by atoms with Crippen LogP contribution in [-0.4, -0.2) is 32.4 Å². The second-order valence-electron chi connectivity index (χ2n) is 3.70. The number of aliphatic hydroxyl groups is 1. The Kier molecular flexibility index (Phi) is 9.04. The first-order valence-electron chi connectivity index (χ1n) is 5.70. The molecule has 0 aromatic rings. The van der Waals surface area contributed by atoms with E-state index in [1.165, 1.54) is 25.7 Å². The van der Waals surface area contributed by atoms with Gasteiger partial charge in [-0.1, -0.05) is 39.0 Å². The van der Waals surface area contributed by atoms with E-state index in [-0.39, 0.29) is 12.4 Å². The van der Waals surface area contributed by atoms with E-state index in [2.05, 4.69) is 11.6 Å². The predicted octanol–water partition coefficient (Wildman–Crippen LogP) is 1.26. The van der Waals surface area contributed by atoms with E-state index in [0.717, 1.165) is 12.8 Å². The number of unbranched alkanes of at least 4 members (excludes halogenated alkanes) is 5. The molecule has 0 fully saturated rings. The average Bonchev–Trinajstić information content (AvgIpc) is 2.16. The molecule has 0 aromatic heterocycles. The highest BCUT2D eigenvalue weighted by Gasteiger charge is 2.06. The Balaban J connectivity index is 3.31. The highest BCUT2D eigenvalue weighted by molar-refractivity contribution is 7.89. The first kappa shape index (κ1) is 14.9. The van der Waals surface area contributed by atoms with Crippen molar-refractivity contribution in [3.8, 4) is 0 Å². The summed E-state index contributed by atoms with van der Waals surface area (Å²) < 4.78 is 24.7. The van der Waals surface area contributed by atoms with Crippen molar-refractivity contribution in [2.45, 2.75) is 45.4 Å². The lowest BCUT2D eigenvalue weighted by molar-refractivity contribution is 0.319. The van der Waals surface area contributed by atoms with E-state index < -0.39 is 10.0 Å². The molecule has 0 spiro atoms. The molecule has 0 saturated heterocycles. The van der Waals surface area contributed by atoms with Crippen molar-refractivity contribution in [3.05, 3.63) is 0 Å². The van der Waals surface area contributed by atoms with Crippen LogP contribution < -0.4 is 4.72 Å². The summed E-state index contributed by atoms with van der Waals surface area (Å²) in [6, 6.07) is 0. The molecule has 0 amide bonds. The maximum absolute atomic E-state index is 11.1. The van der Waals surface area contributed by atoms with E-state index >= 15 is 0 Å². The molecular formula is C10H23NO3S. The summed E-state index contributed by atoms with van der Waals surface area (Å²) in [6.07, 6.45) is 6.85. The van der Waals surface area contributed by atoms with Gasteiger partial charge in [0.15, 0.2) is 0 Å². The molecule has 0 atom stereocenters. The summed E-state index contributed by atoms with van der Waals surface area (Å²) in [6.45, 7) is 2.35. The number of rotatable bonds is 10. The second-order valence-corrected chi connectivity index (χ2v) is 5.63. The van der Waals surface area contributed by atoms with Crippen molar-refractivity contribution >= 4 is 10.0 Å². The normalized spacial score (nSPS) is 11.9. The number of hydrogen-bond acceptors (Lipinski definition) is 3. The zero-order valence-corrected chi connectivity index (χ0v) is 10.4. The summed E-state index contributed by atoms with van der Waals surface area (Å²) in [5, 5.41) is 8.48. The number of hydrogen-bond donors (Lipinski definition) is 2. The van der Waals surface area contributed by atoms with Gasteiger partial charge in [-0.25, -0.2) is 13.1 Å². The summed E-state index contributed by atoms with van der Waals surface area (Å²) in [5.41, 5.74) is 0. The SMILES string of the molecule is CCCCCCCCNS(=O)(=O)CCO. The van der Waals surface area contributed by atoms with Crippen LogP contribution in [0.2, 0.25) is 0 Å². The maximum atomic E-state index is 11.1. The Morgan fingerprint density at radius 1 is 1.07 bits per heavy atom. The minimum absolute atomic E-state index is 0.192. The van der Waals surface area contributed by atoms with E-state index in [1.54, 1.807) is 0 Å². The van der Waals surface area contributed by atoms with Crippen molar-refractivity contribution in [1.82, 2.24) is 4.72 Å². The third kappa shape index (κ3) is 10.2. The van der Waals surface area contributed by atoms with Crippen molar-refractivity contribution in [2.24, 2.45) is 0 Å². The van der Waals surface area contributed by atoms with Crippen molar-refractivity contribution in [3.63, 3.8) is 0 Å². The quantitative estimate of drug-likeness (QED) is 0.562. The monoisotopic (exact) mass is 237 g/mol. The molecule has 15 heavy (non-hydrogen) atoms. The maximum Gasteiger partial charge on any atom is 0.213 e. The second kappa shape index (κ2) is 9.12. The molecule has 0 aliphatic heterocycles. The van der Waals surface area contributed by atoms with Crippen LogP contribution in [0.15, 0.2) is 0 Å². The lowest BCUT2D eigenvalue weighted by atomic mass is 10.1. The standard InChI is InChI=1S/C10H23NO3S/c1-2-3-4-5-6-7-8-11-15(13,14)10-9-12/h11-12H,2-10H2,1H3. The summed E-state index contributed by atoms with van der Waals surface area (Å²) in [4.78, 5) is 0. The molecule has 0 bridgehead atoms. The molecule has 4 nitrogen and oxygen atoms in total. The molecule has 5 heteroatoms. The molecule has 0 unspecified atom stereocenters. The molecule has 0 aromatic carbocycles. The fourth-order valence-electron chi connectivity index (χ4n) is 1.33. The van der Waals surface area contributed by atoms with Gasteiger partial charge in [0, 0.05) is 6.54 Å². The average molecular weight is 237 g/mol. The minimum Gasteiger partial charge on any atom is -0.395 e. The Bertz CT molecular complexity index is 227. The van der Waals surface area contributed by atoms with Gasteiger partial charge >= 0.3 is 0 Å². The molecule has 0 heterocycles. The van der Waals surface area contributed by atoms with Gasteiger partial charge in [0.25, 0.3) is 0 Å². The van der Waals surface area contributed by atoms with Crippen LogP contribution in [0.4, 0.5) is 0 Å². The molecule has 0 aliphatic rings. The lowest BCUT2D eigenvalue weighted by Crippen LogP contribution is -2.28. The van der Waals surface area contributed by atoms with Gasteiger partial charge in [-0.15, -0.1) is 0 Å². The van der Waals surface area contributed by atoms with E-state index in [4.69, 9.17) is 5.11 Å². The van der Waals surface area contributed by atoms with Gasteiger partial charge in [-0.05, 0) is 6.42 Å². The highest BCUT2D eigenvalue weighted by atomic mass is 32.2. The van der Waals surface area contributed by atoms with Crippen LogP contribution >= 0.6 is 0 Å². The predicted molar refractivity (Wildman–Crippen MR) is 62.3 cm³/mol. The number of sulfonamides is 1. The van der Waals surface area contributed by atoms with Crippen LogP contribution in [-0.2, 0) is 10.0 Å². The summed E-state index contributed by atoms with van der Waals surface area (Å²) in [5.74, 6) is -0.192. The van der Waals surface area contributed by atoms with E-state index in [1.807, 2.05) is 0 Å². The van der Waals surface area contributed by atoms with E-state index in [0.29, 0.717) is 6.54 Å². The first-order chi connectivity index (χ1) is 7.12. The molecule has 0 rings (SSSR count). The zero-order valence-electron chi connectivity index (χ0n) is 9.54. The number of aliphatic hydroxyl groups excluding tert-OH is 1. The van der Waals surface area contributed by atoms with Crippen LogP contribution in [0, 0.1) is 0 Å². The molecule has 92 valence electrons. The topological polar surface area (TPSA) is 66.4 Å². The lowest BCUT2D eigenvalue weighted by Gasteiger charge is -2.04. The molecule has 0 radical (unpaired) electrons. The van der Waals surface area contributed by atoms with E-state index in [9.17, 15) is 8.42 Å². The van der Waals surface area contributed by atoms with Gasteiger partial charge < -0.3 is 5.11 Å². The van der Waals surface area contributed by atoms with Crippen molar-refractivity contribution in [2.75, 3.05) is 18.9 Å². The Hall–Kier alpha value is -0.130. The van der Waals surface area contributed by atoms with Gasteiger partial charge in [0.1, 0.15) is 0 Å². The summed E-state index contributed by atoms with van der Waals surface area (Å²) >= 11 is 0. The van der Waals surface area contributed by atoms with Gasteiger partial charge in [-0.3, -0.25) is 0 Å². The van der Waals surface area contributed by atoms with Crippen molar-refractivity contribution in [1.29, 1.82) is 0 Å². The highest BCUT2D eigenvalue weighted by Crippen LogP contribution is 2.04. The Morgan fingerprint density at radius 3 is 2.27 bits per heavy atom. The minimum atomic E-state index is -3.23. The zero-order chi connectivity index (χ0) is 11.6. The number of nitrogens with one attached hydrogen (secondary N) is 1. The fourth-order valence-corrected chi connectivity index (χ4v) is 2.17. The molecular weight excluding hydrogens is 214 g/mol. The molecule has 2 N–H and O–H groups in total. The van der Waals surface area contributed by atoms with Crippen LogP contribution in [0.3, 0.4) is 0 Å². The van der Waals surface area contributed by atoms with Crippen molar-refractivity contribution < 1.29 is 13.5 Å².